The van der Waals surface area contributed by atoms with E-state index in [-0.39, 0.29) is 35.2 Å². The van der Waals surface area contributed by atoms with E-state index in [0.717, 1.165) is 0 Å². The van der Waals surface area contributed by atoms with Crippen LogP contribution < -0.4 is 4.74 Å². The smallest absolute Gasteiger partial charge is 0.257 e. The lowest BCUT2D eigenvalue weighted by Crippen LogP contribution is -2.39. The summed E-state index contributed by atoms with van der Waals surface area (Å²) in [7, 11) is 1.47. The average molecular weight is 435 g/mol. The molecule has 0 saturated carbocycles. The van der Waals surface area contributed by atoms with Gasteiger partial charge in [0.2, 0.25) is 0 Å². The van der Waals surface area contributed by atoms with E-state index in [1.807, 2.05) is 6.08 Å². The van der Waals surface area contributed by atoms with Crippen molar-refractivity contribution in [3.8, 4) is 11.5 Å². The quantitative estimate of drug-likeness (QED) is 0.316. The second-order valence-corrected chi connectivity index (χ2v) is 8.64. The van der Waals surface area contributed by atoms with Gasteiger partial charge in [0.25, 0.3) is 11.8 Å². The summed E-state index contributed by atoms with van der Waals surface area (Å²) in [4.78, 5) is 51.3. The van der Waals surface area contributed by atoms with Crippen LogP contribution in [-0.2, 0) is 19.2 Å². The topological polar surface area (TPSA) is 121 Å². The largest absolute Gasteiger partial charge is 0.507 e. The van der Waals surface area contributed by atoms with Crippen molar-refractivity contribution >= 4 is 23.4 Å². The van der Waals surface area contributed by atoms with Crippen LogP contribution in [-0.4, -0.2) is 45.9 Å². The molecule has 1 saturated heterocycles. The van der Waals surface area contributed by atoms with Crippen molar-refractivity contribution in [2.24, 2.45) is 17.8 Å². The zero-order valence-electron chi connectivity index (χ0n) is 17.5. The second kappa shape index (κ2) is 7.00. The van der Waals surface area contributed by atoms with Gasteiger partial charge in [0.15, 0.2) is 11.6 Å². The minimum atomic E-state index is -0.821. The molecule has 0 bridgehead atoms. The van der Waals surface area contributed by atoms with Gasteiger partial charge in [0.1, 0.15) is 11.5 Å². The molecular weight excluding hydrogens is 414 g/mol. The molecule has 8 nitrogen and oxygen atoms in total. The van der Waals surface area contributed by atoms with Gasteiger partial charge in [-0.2, -0.15) is 5.06 Å². The van der Waals surface area contributed by atoms with Gasteiger partial charge >= 0.3 is 0 Å². The predicted molar refractivity (Wildman–Crippen MR) is 110 cm³/mol. The number of phenols is 1. The molecule has 32 heavy (non-hydrogen) atoms. The van der Waals surface area contributed by atoms with Crippen LogP contribution in [0.3, 0.4) is 0 Å². The molecule has 0 radical (unpaired) electrons. The fourth-order valence-electron chi connectivity index (χ4n) is 5.62. The van der Waals surface area contributed by atoms with Crippen molar-refractivity contribution in [2.45, 2.75) is 25.7 Å². The molecule has 1 aromatic rings. The van der Waals surface area contributed by atoms with E-state index in [0.29, 0.717) is 33.6 Å². The minimum Gasteiger partial charge on any atom is -0.507 e. The summed E-state index contributed by atoms with van der Waals surface area (Å²) in [5, 5.41) is 20.9. The highest BCUT2D eigenvalue weighted by Gasteiger charge is 2.56. The molecule has 164 valence electrons. The van der Waals surface area contributed by atoms with Crippen LogP contribution in [0.2, 0.25) is 0 Å². The Labute approximate surface area is 183 Å². The van der Waals surface area contributed by atoms with Gasteiger partial charge in [0.05, 0.1) is 18.9 Å². The first-order valence-electron chi connectivity index (χ1n) is 10.4. The number of hydroxylamine groups is 2. The van der Waals surface area contributed by atoms with Crippen molar-refractivity contribution < 1.29 is 34.2 Å². The van der Waals surface area contributed by atoms with E-state index in [2.05, 4.69) is 0 Å². The van der Waals surface area contributed by atoms with Crippen molar-refractivity contribution in [1.82, 2.24) is 5.06 Å². The molecule has 1 aromatic carbocycles. The SMILES string of the molecule is COc1ccc([C@H]2C3=CC[C@@H]4C(=O)N(O)C(=O)[C@@H]4[C@@H]3CC3=C2C(=O)C=C(C)C3=O)c(O)c1. The zero-order valence-corrected chi connectivity index (χ0v) is 17.5. The molecule has 4 aliphatic rings. The number of rotatable bonds is 2. The number of imide groups is 1. The number of Topliss-reactive ketones (excluding diaryl/α,β-unsaturated/α-hetero) is 1. The van der Waals surface area contributed by atoms with Gasteiger partial charge < -0.3 is 9.84 Å². The fraction of sp³-hybridized carbons (Fsp3) is 0.333. The number of carbonyl (C=O) groups excluding carboxylic acids is 4. The molecule has 1 fully saturated rings. The standard InChI is InChI=1S/C24H21NO7/c1-10-7-18(27)21-16(22(10)28)9-15-12(5-6-14-20(15)24(30)25(31)23(14)29)19(21)13-4-3-11(32-2)8-17(13)26/h3-5,7-8,14-15,19-20,26,31H,6,9H2,1-2H3/t14-,15+,19+,20-/m0/s1. The summed E-state index contributed by atoms with van der Waals surface area (Å²) in [6, 6.07) is 4.73. The van der Waals surface area contributed by atoms with Crippen LogP contribution >= 0.6 is 0 Å². The number of allylic oxidation sites excluding steroid dienone is 6. The van der Waals surface area contributed by atoms with Gasteiger partial charge in [-0.25, -0.2) is 0 Å². The van der Waals surface area contributed by atoms with E-state index >= 15 is 0 Å². The zero-order chi connectivity index (χ0) is 22.9. The maximum Gasteiger partial charge on any atom is 0.257 e. The van der Waals surface area contributed by atoms with Crippen LogP contribution in [0.5, 0.6) is 11.5 Å². The number of phenolic OH excluding ortho intramolecular Hbond substituents is 1. The molecule has 0 spiro atoms. The number of ether oxygens (including phenoxy) is 1. The molecular formula is C24H21NO7. The molecule has 0 aromatic heterocycles. The van der Waals surface area contributed by atoms with E-state index in [1.54, 1.807) is 19.1 Å². The second-order valence-electron chi connectivity index (χ2n) is 8.64. The Morgan fingerprint density at radius 2 is 1.84 bits per heavy atom. The van der Waals surface area contributed by atoms with Gasteiger partial charge in [-0.15, -0.1) is 0 Å². The van der Waals surface area contributed by atoms with Crippen molar-refractivity contribution in [1.29, 1.82) is 0 Å². The maximum absolute atomic E-state index is 13.1. The Morgan fingerprint density at radius 1 is 1.09 bits per heavy atom. The number of nitrogens with zero attached hydrogens (tertiary/aromatic N) is 1. The Kier molecular flexibility index (Phi) is 4.46. The number of aromatic hydroxyl groups is 1. The Hall–Kier alpha value is -3.52. The van der Waals surface area contributed by atoms with E-state index in [1.165, 1.54) is 19.3 Å². The number of hydrogen-bond acceptors (Lipinski definition) is 7. The molecule has 3 aliphatic carbocycles. The highest BCUT2D eigenvalue weighted by Crippen LogP contribution is 2.56. The minimum absolute atomic E-state index is 0.103. The van der Waals surface area contributed by atoms with Gasteiger partial charge in [0, 0.05) is 34.3 Å². The Bertz CT molecular complexity index is 1200. The molecule has 1 heterocycles. The van der Waals surface area contributed by atoms with Crippen molar-refractivity contribution in [3.63, 3.8) is 0 Å². The summed E-state index contributed by atoms with van der Waals surface area (Å²) >= 11 is 0. The van der Waals surface area contributed by atoms with Crippen LogP contribution in [0.25, 0.3) is 0 Å². The monoisotopic (exact) mass is 435 g/mol. The number of amides is 2. The van der Waals surface area contributed by atoms with Gasteiger partial charge in [-0.1, -0.05) is 17.7 Å². The first kappa shape index (κ1) is 20.4. The molecule has 8 heteroatoms. The van der Waals surface area contributed by atoms with Crippen LogP contribution in [0, 0.1) is 17.8 Å². The van der Waals surface area contributed by atoms with Gasteiger partial charge in [-0.3, -0.25) is 24.4 Å². The summed E-state index contributed by atoms with van der Waals surface area (Å²) in [6.45, 7) is 1.57. The number of methoxy groups -OCH3 is 1. The first-order valence-corrected chi connectivity index (χ1v) is 10.4. The fourth-order valence-corrected chi connectivity index (χ4v) is 5.62. The van der Waals surface area contributed by atoms with Gasteiger partial charge in [-0.05, 0) is 37.8 Å². The van der Waals surface area contributed by atoms with E-state index < -0.39 is 35.5 Å². The summed E-state index contributed by atoms with van der Waals surface area (Å²) in [5.41, 5.74) is 2.02. The summed E-state index contributed by atoms with van der Waals surface area (Å²) in [5.74, 6) is -4.43. The van der Waals surface area contributed by atoms with Crippen molar-refractivity contribution in [3.05, 3.63) is 58.2 Å². The molecule has 2 N–H and O–H groups in total. The number of ketones is 2. The number of fused-ring (bicyclic) bond motifs is 3. The van der Waals surface area contributed by atoms with Crippen molar-refractivity contribution in [2.75, 3.05) is 7.11 Å². The first-order chi connectivity index (χ1) is 15.2. The number of hydrogen-bond donors (Lipinski definition) is 2. The summed E-state index contributed by atoms with van der Waals surface area (Å²) < 4.78 is 5.16. The third kappa shape index (κ3) is 2.65. The normalized spacial score (nSPS) is 29.4. The highest BCUT2D eigenvalue weighted by atomic mass is 16.5. The third-order valence-electron chi connectivity index (χ3n) is 7.09. The Balaban J connectivity index is 1.72. The molecule has 4 atom stereocenters. The van der Waals surface area contributed by atoms with Crippen LogP contribution in [0.4, 0.5) is 0 Å². The molecule has 0 unspecified atom stereocenters. The third-order valence-corrected chi connectivity index (χ3v) is 7.09. The summed E-state index contributed by atoms with van der Waals surface area (Å²) in [6.07, 6.45) is 3.47. The maximum atomic E-state index is 13.1. The lowest BCUT2D eigenvalue weighted by atomic mass is 9.59. The number of carbonyl (C=O) groups is 4. The average Bonchev–Trinajstić information content (AvgIpc) is 3.00. The Morgan fingerprint density at radius 3 is 2.53 bits per heavy atom. The lowest BCUT2D eigenvalue weighted by Gasteiger charge is -2.42. The van der Waals surface area contributed by atoms with Crippen LogP contribution in [0.1, 0.15) is 31.2 Å². The number of benzene rings is 1. The molecule has 5 rings (SSSR count). The van der Waals surface area contributed by atoms with E-state index in [4.69, 9.17) is 4.74 Å². The predicted octanol–water partition coefficient (Wildman–Crippen LogP) is 2.22. The highest BCUT2D eigenvalue weighted by molar-refractivity contribution is 6.23. The molecule has 2 amide bonds. The lowest BCUT2D eigenvalue weighted by molar-refractivity contribution is -0.173. The van der Waals surface area contributed by atoms with Crippen LogP contribution in [0.15, 0.2) is 52.6 Å². The van der Waals surface area contributed by atoms with E-state index in [9.17, 15) is 29.5 Å². The molecule has 1 aliphatic heterocycles.